The monoisotopic (exact) mass is 317 g/mol. The van der Waals surface area contributed by atoms with Crippen molar-refractivity contribution in [2.75, 3.05) is 7.11 Å². The fourth-order valence-corrected chi connectivity index (χ4v) is 1.99. The Balaban J connectivity index is 2.43. The second-order valence-electron chi connectivity index (χ2n) is 4.01. The summed E-state index contributed by atoms with van der Waals surface area (Å²) in [5.41, 5.74) is 0.515. The van der Waals surface area contributed by atoms with Crippen molar-refractivity contribution in [3.05, 3.63) is 20.7 Å². The van der Waals surface area contributed by atoms with Gasteiger partial charge in [0.15, 0.2) is 0 Å². The van der Waals surface area contributed by atoms with Gasteiger partial charge in [0, 0.05) is 17.5 Å². The van der Waals surface area contributed by atoms with Crippen LogP contribution in [0.5, 0.6) is 0 Å². The van der Waals surface area contributed by atoms with Crippen LogP contribution in [0.4, 0.5) is 4.79 Å². The fraction of sp³-hybridized carbons (Fsp3) is 0.455. The molecule has 0 aliphatic heterocycles. The predicted molar refractivity (Wildman–Crippen MR) is 73.0 cm³/mol. The number of aliphatic carboxylic acids is 1. The van der Waals surface area contributed by atoms with Crippen LogP contribution in [0, 0.1) is 0 Å². The van der Waals surface area contributed by atoms with Crippen LogP contribution < -0.4 is 15.5 Å². The van der Waals surface area contributed by atoms with Gasteiger partial charge in [0.2, 0.25) is 0 Å². The van der Waals surface area contributed by atoms with Crippen LogP contribution in [-0.4, -0.2) is 41.2 Å². The van der Waals surface area contributed by atoms with E-state index in [0.29, 0.717) is 5.69 Å². The molecule has 0 fully saturated rings. The minimum Gasteiger partial charge on any atom is -0.480 e. The van der Waals surface area contributed by atoms with E-state index in [1.54, 1.807) is 5.38 Å². The van der Waals surface area contributed by atoms with E-state index in [1.807, 2.05) is 0 Å². The lowest BCUT2D eigenvalue weighted by molar-refractivity contribution is -0.142. The zero-order chi connectivity index (χ0) is 15.8. The number of aromatic nitrogens is 1. The topological polar surface area (TPSA) is 138 Å². The molecule has 0 saturated carbocycles. The number of amides is 2. The average molecular weight is 317 g/mol. The maximum atomic E-state index is 11.6. The number of carboxylic acid groups (broad SMARTS) is 1. The first-order valence-corrected chi connectivity index (χ1v) is 6.81. The Morgan fingerprint density at radius 3 is 2.71 bits per heavy atom. The first-order valence-electron chi connectivity index (χ1n) is 5.93. The third-order valence-electron chi connectivity index (χ3n) is 2.48. The number of carbonyl (C=O) groups excluding carboxylic acids is 2. The molecule has 1 aromatic rings. The van der Waals surface area contributed by atoms with Gasteiger partial charge in [0.1, 0.15) is 6.04 Å². The van der Waals surface area contributed by atoms with Crippen LogP contribution in [0.1, 0.15) is 18.5 Å². The molecule has 0 aliphatic rings. The standard InChI is InChI=1S/C11H15N3O6S/c1-20-8(15)3-2-7(9(16)17)14-10(18)12-4-6-5-21-11(19)13-6/h5,7H,2-4H2,1H3,(H,13,19)(H,16,17)(H2,12,14,18)/t7-/m0/s1. The lowest BCUT2D eigenvalue weighted by Gasteiger charge is -2.14. The van der Waals surface area contributed by atoms with Crippen molar-refractivity contribution < 1.29 is 24.2 Å². The molecule has 116 valence electrons. The van der Waals surface area contributed by atoms with Crippen molar-refractivity contribution in [2.24, 2.45) is 0 Å². The summed E-state index contributed by atoms with van der Waals surface area (Å²) < 4.78 is 4.40. The first kappa shape index (κ1) is 16.7. The number of ether oxygens (including phenoxy) is 1. The maximum Gasteiger partial charge on any atom is 0.326 e. The zero-order valence-electron chi connectivity index (χ0n) is 11.2. The molecular formula is C11H15N3O6S. The van der Waals surface area contributed by atoms with Gasteiger partial charge in [-0.05, 0) is 6.42 Å². The molecule has 1 atom stereocenters. The molecule has 0 saturated heterocycles. The summed E-state index contributed by atoms with van der Waals surface area (Å²) in [6.07, 6.45) is -0.198. The van der Waals surface area contributed by atoms with Gasteiger partial charge in [0.25, 0.3) is 0 Å². The SMILES string of the molecule is COC(=O)CC[C@H](NC(=O)NCc1csc(=O)[nH]1)C(=O)O. The van der Waals surface area contributed by atoms with Crippen molar-refractivity contribution in [1.29, 1.82) is 0 Å². The summed E-state index contributed by atoms with van der Waals surface area (Å²) in [6, 6.07) is -1.91. The van der Waals surface area contributed by atoms with Crippen molar-refractivity contribution in [2.45, 2.75) is 25.4 Å². The van der Waals surface area contributed by atoms with Gasteiger partial charge in [0.05, 0.1) is 13.7 Å². The van der Waals surface area contributed by atoms with Crippen LogP contribution in [0.15, 0.2) is 10.2 Å². The fourth-order valence-electron chi connectivity index (χ4n) is 1.41. The number of urea groups is 1. The minimum absolute atomic E-state index is 0.0634. The molecule has 0 aliphatic carbocycles. The summed E-state index contributed by atoms with van der Waals surface area (Å²) in [4.78, 5) is 46.6. The van der Waals surface area contributed by atoms with Crippen LogP contribution in [0.3, 0.4) is 0 Å². The van der Waals surface area contributed by atoms with E-state index in [9.17, 15) is 19.2 Å². The van der Waals surface area contributed by atoms with Gasteiger partial charge >= 0.3 is 22.8 Å². The highest BCUT2D eigenvalue weighted by Gasteiger charge is 2.21. The van der Waals surface area contributed by atoms with Crippen LogP contribution in [0.2, 0.25) is 0 Å². The third kappa shape index (κ3) is 6.08. The number of esters is 1. The number of nitrogens with one attached hydrogen (secondary N) is 3. The van der Waals surface area contributed by atoms with Crippen LogP contribution >= 0.6 is 11.3 Å². The number of hydrogen-bond donors (Lipinski definition) is 4. The Hall–Kier alpha value is -2.36. The number of rotatable bonds is 7. The molecule has 0 aromatic carbocycles. The maximum absolute atomic E-state index is 11.6. The molecular weight excluding hydrogens is 302 g/mol. The van der Waals surface area contributed by atoms with E-state index in [2.05, 4.69) is 20.4 Å². The molecule has 0 bridgehead atoms. The van der Waals surface area contributed by atoms with E-state index >= 15 is 0 Å². The van der Waals surface area contributed by atoms with Crippen molar-refractivity contribution in [3.8, 4) is 0 Å². The molecule has 1 aromatic heterocycles. The van der Waals surface area contributed by atoms with Crippen molar-refractivity contribution in [3.63, 3.8) is 0 Å². The van der Waals surface area contributed by atoms with Crippen LogP contribution in [0.25, 0.3) is 0 Å². The van der Waals surface area contributed by atoms with E-state index < -0.39 is 24.0 Å². The van der Waals surface area contributed by atoms with Crippen molar-refractivity contribution >= 4 is 29.3 Å². The molecule has 0 radical (unpaired) electrons. The highest BCUT2D eigenvalue weighted by Crippen LogP contribution is 2.00. The number of H-pyrrole nitrogens is 1. The molecule has 10 heteroatoms. The van der Waals surface area contributed by atoms with Gasteiger partial charge in [-0.3, -0.25) is 9.59 Å². The predicted octanol–water partition coefficient (Wildman–Crippen LogP) is -0.358. The summed E-state index contributed by atoms with van der Waals surface area (Å²) in [7, 11) is 1.19. The first-order chi connectivity index (χ1) is 9.92. The average Bonchev–Trinajstić information content (AvgIpc) is 2.86. The summed E-state index contributed by atoms with van der Waals surface area (Å²) in [5.74, 6) is -1.81. The molecule has 1 rings (SSSR count). The molecule has 0 spiro atoms. The molecule has 1 heterocycles. The molecule has 4 N–H and O–H groups in total. The van der Waals surface area contributed by atoms with E-state index in [1.165, 1.54) is 7.11 Å². The number of carbonyl (C=O) groups is 3. The Morgan fingerprint density at radius 2 is 2.19 bits per heavy atom. The highest BCUT2D eigenvalue weighted by molar-refractivity contribution is 7.07. The zero-order valence-corrected chi connectivity index (χ0v) is 12.0. The Morgan fingerprint density at radius 1 is 1.48 bits per heavy atom. The van der Waals surface area contributed by atoms with Crippen LogP contribution in [-0.2, 0) is 20.9 Å². The number of carboxylic acids is 1. The highest BCUT2D eigenvalue weighted by atomic mass is 32.1. The lowest BCUT2D eigenvalue weighted by atomic mass is 10.1. The Bertz CT molecular complexity index is 566. The summed E-state index contributed by atoms with van der Waals surface area (Å²) in [5, 5.41) is 15.1. The number of hydrogen-bond acceptors (Lipinski definition) is 6. The van der Waals surface area contributed by atoms with Gasteiger partial charge in [-0.1, -0.05) is 11.3 Å². The summed E-state index contributed by atoms with van der Waals surface area (Å²) in [6.45, 7) is 0.0634. The van der Waals surface area contributed by atoms with E-state index in [0.717, 1.165) is 11.3 Å². The Labute approximate surface area is 123 Å². The van der Waals surface area contributed by atoms with E-state index in [-0.39, 0.29) is 24.3 Å². The number of aromatic amines is 1. The van der Waals surface area contributed by atoms with Gasteiger partial charge in [-0.25, -0.2) is 9.59 Å². The lowest BCUT2D eigenvalue weighted by Crippen LogP contribution is -2.46. The third-order valence-corrected chi connectivity index (χ3v) is 3.20. The molecule has 9 nitrogen and oxygen atoms in total. The second kappa shape index (κ2) is 8.04. The van der Waals surface area contributed by atoms with Gasteiger partial charge < -0.3 is 25.5 Å². The largest absolute Gasteiger partial charge is 0.480 e. The molecule has 0 unspecified atom stereocenters. The normalized spacial score (nSPS) is 11.5. The van der Waals surface area contributed by atoms with Crippen molar-refractivity contribution in [1.82, 2.24) is 15.6 Å². The van der Waals surface area contributed by atoms with Gasteiger partial charge in [-0.15, -0.1) is 0 Å². The number of methoxy groups -OCH3 is 1. The van der Waals surface area contributed by atoms with E-state index in [4.69, 9.17) is 5.11 Å². The quantitative estimate of drug-likeness (QED) is 0.507. The summed E-state index contributed by atoms with van der Waals surface area (Å²) >= 11 is 0.960. The Kier molecular flexibility index (Phi) is 6.40. The smallest absolute Gasteiger partial charge is 0.326 e. The second-order valence-corrected chi connectivity index (χ2v) is 4.85. The van der Waals surface area contributed by atoms with Gasteiger partial charge in [-0.2, -0.15) is 0 Å². The molecule has 21 heavy (non-hydrogen) atoms. The minimum atomic E-state index is -1.25. The molecule has 2 amide bonds. The number of thiazole rings is 1.